The number of halogens is 1. The lowest BCUT2D eigenvalue weighted by Crippen LogP contribution is -2.51. The van der Waals surface area contributed by atoms with E-state index in [1.54, 1.807) is 28.0 Å². The Kier molecular flexibility index (Phi) is 7.84. The minimum absolute atomic E-state index is 0.0131. The van der Waals surface area contributed by atoms with Gasteiger partial charge in [0.15, 0.2) is 0 Å². The van der Waals surface area contributed by atoms with Gasteiger partial charge in [0.1, 0.15) is 5.82 Å². The molecule has 0 bridgehead atoms. The lowest BCUT2D eigenvalue weighted by molar-refractivity contribution is 0.109. The van der Waals surface area contributed by atoms with Crippen molar-refractivity contribution < 1.29 is 18.7 Å². The molecule has 7 nitrogen and oxygen atoms in total. The van der Waals surface area contributed by atoms with Crippen LogP contribution in [0.4, 0.5) is 14.0 Å². The van der Waals surface area contributed by atoms with Gasteiger partial charge >= 0.3 is 12.1 Å². The number of ether oxygens (including phenoxy) is 1. The van der Waals surface area contributed by atoms with E-state index in [1.807, 2.05) is 19.0 Å². The SMILES string of the molecule is COC(=O)N1CCC(NC(=O)N(CCN(C)C)Cc2ccccc2F)CC1. The summed E-state index contributed by atoms with van der Waals surface area (Å²) in [5.41, 5.74) is 0.493. The lowest BCUT2D eigenvalue weighted by atomic mass is 10.1. The highest BCUT2D eigenvalue weighted by atomic mass is 19.1. The molecular weight excluding hydrogens is 351 g/mol. The molecule has 0 saturated carbocycles. The number of amides is 3. The fourth-order valence-electron chi connectivity index (χ4n) is 3.01. The van der Waals surface area contributed by atoms with Gasteiger partial charge in [-0.2, -0.15) is 0 Å². The molecule has 1 heterocycles. The molecule has 0 radical (unpaired) electrons. The Morgan fingerprint density at radius 2 is 1.89 bits per heavy atom. The Labute approximate surface area is 160 Å². The van der Waals surface area contributed by atoms with Gasteiger partial charge in [-0.05, 0) is 33.0 Å². The molecule has 0 atom stereocenters. The third-order valence-corrected chi connectivity index (χ3v) is 4.68. The first-order valence-corrected chi connectivity index (χ1v) is 9.17. The quantitative estimate of drug-likeness (QED) is 0.821. The van der Waals surface area contributed by atoms with Crippen molar-refractivity contribution in [2.45, 2.75) is 25.4 Å². The van der Waals surface area contributed by atoms with Gasteiger partial charge in [-0.25, -0.2) is 14.0 Å². The second kappa shape index (κ2) is 10.1. The van der Waals surface area contributed by atoms with Crippen LogP contribution in [0.5, 0.6) is 0 Å². The molecule has 0 aliphatic carbocycles. The molecule has 1 fully saturated rings. The standard InChI is InChI=1S/C19H29FN4O3/c1-22(2)12-13-24(14-15-6-4-5-7-17(15)20)18(25)21-16-8-10-23(11-9-16)19(26)27-3/h4-7,16H,8-14H2,1-3H3,(H,21,25). The number of benzene rings is 1. The first-order chi connectivity index (χ1) is 12.9. The van der Waals surface area contributed by atoms with Crippen molar-refractivity contribution in [2.75, 3.05) is 47.4 Å². The smallest absolute Gasteiger partial charge is 0.409 e. The second-order valence-corrected chi connectivity index (χ2v) is 7.00. The zero-order valence-corrected chi connectivity index (χ0v) is 16.3. The number of carbonyl (C=O) groups excluding carboxylic acids is 2. The first kappa shape index (κ1) is 21.0. The van der Waals surface area contributed by atoms with Crippen LogP contribution in [-0.4, -0.2) is 80.3 Å². The third kappa shape index (κ3) is 6.39. The fraction of sp³-hybridized carbons (Fsp3) is 0.579. The number of urea groups is 1. The lowest BCUT2D eigenvalue weighted by Gasteiger charge is -2.33. The monoisotopic (exact) mass is 380 g/mol. The van der Waals surface area contributed by atoms with Crippen molar-refractivity contribution >= 4 is 12.1 Å². The van der Waals surface area contributed by atoms with Gasteiger partial charge in [0, 0.05) is 37.8 Å². The predicted molar refractivity (Wildman–Crippen MR) is 101 cm³/mol. The van der Waals surface area contributed by atoms with Gasteiger partial charge in [-0.15, -0.1) is 0 Å². The van der Waals surface area contributed by atoms with Crippen LogP contribution < -0.4 is 5.32 Å². The zero-order valence-electron chi connectivity index (χ0n) is 16.3. The number of carbonyl (C=O) groups is 2. The number of likely N-dealkylation sites (N-methyl/N-ethyl adjacent to an activating group) is 1. The molecule has 150 valence electrons. The van der Waals surface area contributed by atoms with E-state index in [4.69, 9.17) is 4.74 Å². The molecule has 3 amide bonds. The number of methoxy groups -OCH3 is 1. The number of nitrogens with one attached hydrogen (secondary N) is 1. The minimum atomic E-state index is -0.341. The van der Waals surface area contributed by atoms with E-state index in [-0.39, 0.29) is 30.5 Å². The zero-order chi connectivity index (χ0) is 19.8. The molecule has 0 aromatic heterocycles. The highest BCUT2D eigenvalue weighted by molar-refractivity contribution is 5.74. The van der Waals surface area contributed by atoms with E-state index in [0.29, 0.717) is 44.6 Å². The Morgan fingerprint density at radius 1 is 1.22 bits per heavy atom. The molecule has 1 N–H and O–H groups in total. The van der Waals surface area contributed by atoms with Crippen LogP contribution in [0, 0.1) is 5.82 Å². The van der Waals surface area contributed by atoms with Gasteiger partial charge in [-0.3, -0.25) is 0 Å². The predicted octanol–water partition coefficient (Wildman–Crippen LogP) is 2.13. The maximum Gasteiger partial charge on any atom is 0.409 e. The van der Waals surface area contributed by atoms with Crippen molar-refractivity contribution in [3.8, 4) is 0 Å². The van der Waals surface area contributed by atoms with Crippen molar-refractivity contribution in [2.24, 2.45) is 0 Å². The van der Waals surface area contributed by atoms with Gasteiger partial charge in [-0.1, -0.05) is 18.2 Å². The Balaban J connectivity index is 1.95. The van der Waals surface area contributed by atoms with E-state index in [0.717, 1.165) is 0 Å². The van der Waals surface area contributed by atoms with Crippen LogP contribution in [0.25, 0.3) is 0 Å². The number of hydrogen-bond donors (Lipinski definition) is 1. The first-order valence-electron chi connectivity index (χ1n) is 9.17. The molecule has 8 heteroatoms. The topological polar surface area (TPSA) is 65.1 Å². The van der Waals surface area contributed by atoms with E-state index in [9.17, 15) is 14.0 Å². The van der Waals surface area contributed by atoms with Gasteiger partial charge < -0.3 is 24.8 Å². The Hall–Kier alpha value is -2.35. The molecule has 1 aromatic carbocycles. The van der Waals surface area contributed by atoms with E-state index >= 15 is 0 Å². The molecule has 27 heavy (non-hydrogen) atoms. The number of piperidine rings is 1. The van der Waals surface area contributed by atoms with E-state index < -0.39 is 0 Å². The molecule has 2 rings (SSSR count). The van der Waals surface area contributed by atoms with Crippen LogP contribution in [-0.2, 0) is 11.3 Å². The fourth-order valence-corrected chi connectivity index (χ4v) is 3.01. The van der Waals surface area contributed by atoms with Crippen molar-refractivity contribution in [1.29, 1.82) is 0 Å². The largest absolute Gasteiger partial charge is 0.453 e. The summed E-state index contributed by atoms with van der Waals surface area (Å²) in [6.07, 6.45) is 0.997. The number of nitrogens with zero attached hydrogens (tertiary/aromatic N) is 3. The summed E-state index contributed by atoms with van der Waals surface area (Å²) in [5.74, 6) is -0.313. The Bertz CT molecular complexity index is 633. The molecule has 0 spiro atoms. The number of likely N-dealkylation sites (tertiary alicyclic amines) is 1. The van der Waals surface area contributed by atoms with Crippen molar-refractivity contribution in [3.05, 3.63) is 35.6 Å². The highest BCUT2D eigenvalue weighted by Crippen LogP contribution is 2.14. The van der Waals surface area contributed by atoms with Crippen LogP contribution >= 0.6 is 0 Å². The maximum absolute atomic E-state index is 14.0. The van der Waals surface area contributed by atoms with Gasteiger partial charge in [0.2, 0.25) is 0 Å². The summed E-state index contributed by atoms with van der Waals surface area (Å²) >= 11 is 0. The highest BCUT2D eigenvalue weighted by Gasteiger charge is 2.26. The molecule has 1 aliphatic heterocycles. The summed E-state index contributed by atoms with van der Waals surface area (Å²) in [7, 11) is 5.23. The third-order valence-electron chi connectivity index (χ3n) is 4.68. The summed E-state index contributed by atoms with van der Waals surface area (Å²) in [4.78, 5) is 29.6. The number of rotatable bonds is 6. The summed E-state index contributed by atoms with van der Waals surface area (Å²) < 4.78 is 18.7. The summed E-state index contributed by atoms with van der Waals surface area (Å²) in [6, 6.07) is 6.28. The summed E-state index contributed by atoms with van der Waals surface area (Å²) in [5, 5.41) is 3.03. The molecule has 1 saturated heterocycles. The normalized spacial score (nSPS) is 14.9. The van der Waals surface area contributed by atoms with Crippen LogP contribution in [0.15, 0.2) is 24.3 Å². The van der Waals surface area contributed by atoms with E-state index in [2.05, 4.69) is 5.32 Å². The Morgan fingerprint density at radius 3 is 2.48 bits per heavy atom. The maximum atomic E-state index is 14.0. The average molecular weight is 380 g/mol. The van der Waals surface area contributed by atoms with Crippen LogP contribution in [0.2, 0.25) is 0 Å². The van der Waals surface area contributed by atoms with Crippen molar-refractivity contribution in [3.63, 3.8) is 0 Å². The van der Waals surface area contributed by atoms with Crippen LogP contribution in [0.1, 0.15) is 18.4 Å². The van der Waals surface area contributed by atoms with E-state index in [1.165, 1.54) is 13.2 Å². The van der Waals surface area contributed by atoms with Gasteiger partial charge in [0.25, 0.3) is 0 Å². The number of hydrogen-bond acceptors (Lipinski definition) is 4. The summed E-state index contributed by atoms with van der Waals surface area (Å²) in [6.45, 7) is 2.48. The average Bonchev–Trinajstić information content (AvgIpc) is 2.66. The molecular formula is C19H29FN4O3. The second-order valence-electron chi connectivity index (χ2n) is 7.00. The molecule has 0 unspecified atom stereocenters. The molecule has 1 aromatic rings. The molecule has 1 aliphatic rings. The van der Waals surface area contributed by atoms with Crippen LogP contribution in [0.3, 0.4) is 0 Å². The van der Waals surface area contributed by atoms with Crippen molar-refractivity contribution in [1.82, 2.24) is 20.0 Å². The minimum Gasteiger partial charge on any atom is -0.453 e. The van der Waals surface area contributed by atoms with Gasteiger partial charge in [0.05, 0.1) is 13.7 Å².